The summed E-state index contributed by atoms with van der Waals surface area (Å²) < 4.78 is 0. The van der Waals surface area contributed by atoms with Crippen LogP contribution in [0.5, 0.6) is 0 Å². The molecule has 1 aromatic heterocycles. The van der Waals surface area contributed by atoms with Gasteiger partial charge in [-0.3, -0.25) is 0 Å². The van der Waals surface area contributed by atoms with Gasteiger partial charge in [-0.05, 0) is 43.9 Å². The molecular formula is C15H25N3. The first kappa shape index (κ1) is 13.3. The topological polar surface area (TPSA) is 28.2 Å². The molecule has 1 heterocycles. The molecule has 0 spiro atoms. The lowest BCUT2D eigenvalue weighted by molar-refractivity contribution is 0.321. The number of pyridine rings is 1. The molecule has 0 saturated heterocycles. The number of hydrogen-bond acceptors (Lipinski definition) is 3. The zero-order valence-electron chi connectivity index (χ0n) is 11.8. The smallest absolute Gasteiger partial charge is 0.128 e. The summed E-state index contributed by atoms with van der Waals surface area (Å²) in [6.45, 7) is 6.45. The van der Waals surface area contributed by atoms with E-state index in [0.29, 0.717) is 6.04 Å². The molecule has 1 fully saturated rings. The summed E-state index contributed by atoms with van der Waals surface area (Å²) in [6, 6.07) is 4.71. The van der Waals surface area contributed by atoms with Crippen molar-refractivity contribution < 1.29 is 0 Å². The molecule has 1 saturated carbocycles. The van der Waals surface area contributed by atoms with Crippen molar-refractivity contribution in [1.82, 2.24) is 10.3 Å². The van der Waals surface area contributed by atoms with Crippen molar-refractivity contribution in [2.24, 2.45) is 5.92 Å². The van der Waals surface area contributed by atoms with E-state index in [1.165, 1.54) is 24.8 Å². The van der Waals surface area contributed by atoms with Crippen molar-refractivity contribution in [3.63, 3.8) is 0 Å². The molecule has 1 aliphatic rings. The Balaban J connectivity index is 1.93. The van der Waals surface area contributed by atoms with Crippen molar-refractivity contribution in [3.8, 4) is 0 Å². The molecular weight excluding hydrogens is 222 g/mol. The van der Waals surface area contributed by atoms with E-state index in [0.717, 1.165) is 24.8 Å². The molecule has 100 valence electrons. The summed E-state index contributed by atoms with van der Waals surface area (Å²) >= 11 is 0. The van der Waals surface area contributed by atoms with Gasteiger partial charge in [-0.1, -0.05) is 19.4 Å². The third-order valence-corrected chi connectivity index (χ3v) is 3.93. The molecule has 1 unspecified atom stereocenters. The third kappa shape index (κ3) is 3.22. The van der Waals surface area contributed by atoms with E-state index < -0.39 is 0 Å². The highest BCUT2D eigenvalue weighted by Crippen LogP contribution is 2.28. The summed E-state index contributed by atoms with van der Waals surface area (Å²) in [6.07, 6.45) is 6.19. The van der Waals surface area contributed by atoms with Gasteiger partial charge < -0.3 is 10.2 Å². The molecule has 0 amide bonds. The highest BCUT2D eigenvalue weighted by Gasteiger charge is 2.19. The van der Waals surface area contributed by atoms with Crippen LogP contribution in [0.1, 0.15) is 44.7 Å². The number of hydrogen-bond donors (Lipinski definition) is 1. The number of nitrogens with zero attached hydrogens (tertiary/aromatic N) is 2. The quantitative estimate of drug-likeness (QED) is 0.837. The van der Waals surface area contributed by atoms with Crippen molar-refractivity contribution in [2.45, 2.75) is 39.2 Å². The molecule has 0 aliphatic heterocycles. The van der Waals surface area contributed by atoms with Gasteiger partial charge in [-0.15, -0.1) is 0 Å². The molecule has 0 aromatic carbocycles. The van der Waals surface area contributed by atoms with E-state index >= 15 is 0 Å². The Kier molecular flexibility index (Phi) is 4.59. The monoisotopic (exact) mass is 247 g/mol. The molecule has 3 nitrogen and oxygen atoms in total. The predicted octanol–water partition coefficient (Wildman–Crippen LogP) is 2.99. The number of rotatable bonds is 6. The largest absolute Gasteiger partial charge is 0.359 e. The first-order valence-electron chi connectivity index (χ1n) is 7.11. The maximum atomic E-state index is 4.58. The Bertz CT molecular complexity index is 357. The lowest BCUT2D eigenvalue weighted by Crippen LogP contribution is -2.29. The van der Waals surface area contributed by atoms with Crippen LogP contribution in [0.2, 0.25) is 0 Å². The molecule has 1 atom stereocenters. The molecule has 2 rings (SSSR count). The van der Waals surface area contributed by atoms with Crippen LogP contribution in [0.3, 0.4) is 0 Å². The fourth-order valence-corrected chi connectivity index (χ4v) is 2.46. The van der Waals surface area contributed by atoms with E-state index in [9.17, 15) is 0 Å². The van der Waals surface area contributed by atoms with Gasteiger partial charge in [0.15, 0.2) is 0 Å². The van der Waals surface area contributed by atoms with Crippen LogP contribution in [0.4, 0.5) is 5.82 Å². The molecule has 0 bridgehead atoms. The summed E-state index contributed by atoms with van der Waals surface area (Å²) in [5.74, 6) is 1.98. The van der Waals surface area contributed by atoms with E-state index in [-0.39, 0.29) is 0 Å². The van der Waals surface area contributed by atoms with Gasteiger partial charge in [0.2, 0.25) is 0 Å². The lowest BCUT2D eigenvalue weighted by Gasteiger charge is -2.30. The molecule has 3 heteroatoms. The van der Waals surface area contributed by atoms with Crippen LogP contribution in [0.25, 0.3) is 0 Å². The average molecular weight is 247 g/mol. The van der Waals surface area contributed by atoms with Gasteiger partial charge >= 0.3 is 0 Å². The second-order valence-corrected chi connectivity index (χ2v) is 5.41. The summed E-state index contributed by atoms with van der Waals surface area (Å²) in [4.78, 5) is 6.86. The van der Waals surface area contributed by atoms with E-state index in [1.807, 2.05) is 6.20 Å². The first-order chi connectivity index (χ1) is 8.70. The maximum Gasteiger partial charge on any atom is 0.128 e. The van der Waals surface area contributed by atoms with Crippen LogP contribution >= 0.6 is 0 Å². The minimum absolute atomic E-state index is 0.383. The Morgan fingerprint density at radius 1 is 1.44 bits per heavy atom. The Labute approximate surface area is 111 Å². The van der Waals surface area contributed by atoms with Crippen molar-refractivity contribution in [2.75, 3.05) is 25.0 Å². The van der Waals surface area contributed by atoms with Gasteiger partial charge in [-0.25, -0.2) is 4.98 Å². The number of aromatic nitrogens is 1. The van der Waals surface area contributed by atoms with Crippen LogP contribution < -0.4 is 10.2 Å². The van der Waals surface area contributed by atoms with Gasteiger partial charge in [0.1, 0.15) is 5.82 Å². The highest BCUT2D eigenvalue weighted by atomic mass is 15.2. The van der Waals surface area contributed by atoms with Crippen molar-refractivity contribution >= 4 is 5.82 Å². The van der Waals surface area contributed by atoms with Gasteiger partial charge in [-0.2, -0.15) is 0 Å². The lowest BCUT2D eigenvalue weighted by atomic mass is 9.85. The molecule has 18 heavy (non-hydrogen) atoms. The molecule has 1 N–H and O–H groups in total. The number of nitrogens with one attached hydrogen (secondary N) is 1. The third-order valence-electron chi connectivity index (χ3n) is 3.93. The minimum Gasteiger partial charge on any atom is -0.359 e. The predicted molar refractivity (Wildman–Crippen MR) is 76.9 cm³/mol. The summed E-state index contributed by atoms with van der Waals surface area (Å²) in [7, 11) is 2.15. The van der Waals surface area contributed by atoms with Gasteiger partial charge in [0.05, 0.1) is 0 Å². The standard InChI is InChI=1S/C15H25N3/c1-4-16-12(2)14-8-9-15(17-10-14)18(3)11-13-6-5-7-13/h8-10,12-13,16H,4-7,11H2,1-3H3. The average Bonchev–Trinajstić information content (AvgIpc) is 2.34. The van der Waals surface area contributed by atoms with Gasteiger partial charge in [0.25, 0.3) is 0 Å². The normalized spacial score (nSPS) is 17.3. The van der Waals surface area contributed by atoms with E-state index in [2.05, 4.69) is 48.2 Å². The number of anilines is 1. The zero-order chi connectivity index (χ0) is 13.0. The van der Waals surface area contributed by atoms with Gasteiger partial charge in [0, 0.05) is 25.8 Å². The van der Waals surface area contributed by atoms with E-state index in [4.69, 9.17) is 0 Å². The first-order valence-corrected chi connectivity index (χ1v) is 7.11. The minimum atomic E-state index is 0.383. The molecule has 1 aliphatic carbocycles. The molecule has 0 radical (unpaired) electrons. The van der Waals surface area contributed by atoms with Crippen molar-refractivity contribution in [1.29, 1.82) is 0 Å². The second-order valence-electron chi connectivity index (χ2n) is 5.41. The molecule has 1 aromatic rings. The fraction of sp³-hybridized carbons (Fsp3) is 0.667. The highest BCUT2D eigenvalue weighted by molar-refractivity contribution is 5.39. The van der Waals surface area contributed by atoms with Crippen molar-refractivity contribution in [3.05, 3.63) is 23.9 Å². The van der Waals surface area contributed by atoms with E-state index in [1.54, 1.807) is 0 Å². The zero-order valence-corrected chi connectivity index (χ0v) is 11.8. The second kappa shape index (κ2) is 6.19. The summed E-state index contributed by atoms with van der Waals surface area (Å²) in [5.41, 5.74) is 1.26. The van der Waals surface area contributed by atoms with Crippen LogP contribution in [-0.4, -0.2) is 25.1 Å². The Morgan fingerprint density at radius 3 is 2.72 bits per heavy atom. The SMILES string of the molecule is CCNC(C)c1ccc(N(C)CC2CCC2)nc1. The van der Waals surface area contributed by atoms with Crippen LogP contribution in [0, 0.1) is 5.92 Å². The fourth-order valence-electron chi connectivity index (χ4n) is 2.46. The maximum absolute atomic E-state index is 4.58. The Morgan fingerprint density at radius 2 is 2.22 bits per heavy atom. The van der Waals surface area contributed by atoms with Crippen LogP contribution in [0.15, 0.2) is 18.3 Å². The van der Waals surface area contributed by atoms with Crippen LogP contribution in [-0.2, 0) is 0 Å². The summed E-state index contributed by atoms with van der Waals surface area (Å²) in [5, 5.41) is 3.41. The Hall–Kier alpha value is -1.09.